The molecule has 0 bridgehead atoms. The summed E-state index contributed by atoms with van der Waals surface area (Å²) in [5.74, 6) is -0.0313. The van der Waals surface area contributed by atoms with Crippen molar-refractivity contribution in [2.24, 2.45) is 0 Å². The largest absolute Gasteiger partial charge is 0.489 e. The van der Waals surface area contributed by atoms with Crippen molar-refractivity contribution < 1.29 is 14.3 Å². The highest BCUT2D eigenvalue weighted by atomic mass is 127. The minimum Gasteiger partial charge on any atom is -0.489 e. The molecular formula is C21H19IN4O3. The monoisotopic (exact) mass is 502 g/mol. The second-order valence-electron chi connectivity index (χ2n) is 6.69. The van der Waals surface area contributed by atoms with E-state index in [1.54, 1.807) is 30.1 Å². The number of hydrogen-bond donors (Lipinski definition) is 1. The van der Waals surface area contributed by atoms with Crippen molar-refractivity contribution in [2.45, 2.75) is 12.6 Å². The third-order valence-electron chi connectivity index (χ3n) is 4.73. The second-order valence-corrected chi connectivity index (χ2v) is 7.85. The summed E-state index contributed by atoms with van der Waals surface area (Å²) in [6.45, 7) is 0.630. The topological polar surface area (TPSA) is 76.5 Å². The van der Waals surface area contributed by atoms with Crippen LogP contribution >= 0.6 is 22.6 Å². The van der Waals surface area contributed by atoms with Crippen LogP contribution in [-0.4, -0.2) is 41.3 Å². The molecule has 0 radical (unpaired) electrons. The van der Waals surface area contributed by atoms with Gasteiger partial charge in [0.1, 0.15) is 24.1 Å². The lowest BCUT2D eigenvalue weighted by atomic mass is 10.2. The van der Waals surface area contributed by atoms with E-state index in [4.69, 9.17) is 4.74 Å². The van der Waals surface area contributed by atoms with Gasteiger partial charge in [0.25, 0.3) is 11.8 Å². The molecule has 3 aromatic rings. The lowest BCUT2D eigenvalue weighted by Gasteiger charge is -2.20. The second kappa shape index (κ2) is 8.24. The number of anilines is 1. The van der Waals surface area contributed by atoms with Crippen molar-refractivity contribution in [3.8, 4) is 5.75 Å². The number of fused-ring (bicyclic) bond motifs is 1. The van der Waals surface area contributed by atoms with Crippen LogP contribution in [0.25, 0.3) is 0 Å². The zero-order chi connectivity index (χ0) is 20.4. The van der Waals surface area contributed by atoms with Crippen molar-refractivity contribution >= 4 is 40.1 Å². The minimum absolute atomic E-state index is 0.0643. The fraction of sp³-hybridized carbons (Fsp3) is 0.190. The van der Waals surface area contributed by atoms with Gasteiger partial charge in [-0.2, -0.15) is 5.10 Å². The van der Waals surface area contributed by atoms with Gasteiger partial charge in [-0.3, -0.25) is 14.3 Å². The fourth-order valence-corrected chi connectivity index (χ4v) is 3.72. The summed E-state index contributed by atoms with van der Waals surface area (Å²) in [4.78, 5) is 26.9. The molecular weight excluding hydrogens is 483 g/mol. The maximum atomic E-state index is 12.8. The molecule has 7 nitrogen and oxygen atoms in total. The first-order valence-electron chi connectivity index (χ1n) is 9.10. The predicted molar refractivity (Wildman–Crippen MR) is 117 cm³/mol. The molecule has 2 amide bonds. The van der Waals surface area contributed by atoms with E-state index in [0.29, 0.717) is 18.0 Å². The predicted octanol–water partition coefficient (Wildman–Crippen LogP) is 2.69. The molecule has 0 saturated heterocycles. The summed E-state index contributed by atoms with van der Waals surface area (Å²) in [5.41, 5.74) is 2.05. The van der Waals surface area contributed by atoms with E-state index in [2.05, 4.69) is 33.0 Å². The standard InChI is InChI=1S/C21H19IN4O3/c1-25-18-8-4-5-9-19(18)29-13-17(21(25)28)23-20(27)16-10-11-26(24-16)12-14-6-2-3-7-15(14)22/h2-11,17H,12-13H2,1H3,(H,23,27). The number of benzene rings is 2. The van der Waals surface area contributed by atoms with Gasteiger partial charge in [-0.15, -0.1) is 0 Å². The van der Waals surface area contributed by atoms with Crippen molar-refractivity contribution in [1.29, 1.82) is 0 Å². The fourth-order valence-electron chi connectivity index (χ4n) is 3.16. The summed E-state index contributed by atoms with van der Waals surface area (Å²) >= 11 is 2.28. The number of rotatable bonds is 4. The average molecular weight is 502 g/mol. The van der Waals surface area contributed by atoms with E-state index in [0.717, 1.165) is 9.13 Å². The summed E-state index contributed by atoms with van der Waals surface area (Å²) in [6.07, 6.45) is 1.76. The maximum Gasteiger partial charge on any atom is 0.272 e. The Hall–Kier alpha value is -2.88. The highest BCUT2D eigenvalue weighted by Crippen LogP contribution is 2.29. The molecule has 29 heavy (non-hydrogen) atoms. The molecule has 1 atom stereocenters. The molecule has 2 heterocycles. The molecule has 8 heteroatoms. The molecule has 0 spiro atoms. The van der Waals surface area contributed by atoms with Gasteiger partial charge in [0.2, 0.25) is 0 Å². The number of nitrogens with zero attached hydrogens (tertiary/aromatic N) is 3. The number of aromatic nitrogens is 2. The van der Waals surface area contributed by atoms with Crippen LogP contribution in [-0.2, 0) is 11.3 Å². The van der Waals surface area contributed by atoms with Gasteiger partial charge in [0, 0.05) is 16.8 Å². The number of hydrogen-bond acceptors (Lipinski definition) is 4. The summed E-state index contributed by atoms with van der Waals surface area (Å²) in [7, 11) is 1.67. The molecule has 0 fully saturated rings. The van der Waals surface area contributed by atoms with E-state index in [1.807, 2.05) is 42.5 Å². The smallest absolute Gasteiger partial charge is 0.272 e. The van der Waals surface area contributed by atoms with E-state index in [9.17, 15) is 9.59 Å². The van der Waals surface area contributed by atoms with Crippen LogP contribution in [0, 0.1) is 3.57 Å². The number of likely N-dealkylation sites (N-methyl/N-ethyl adjacent to an activating group) is 1. The van der Waals surface area contributed by atoms with Gasteiger partial charge < -0.3 is 15.0 Å². The number of nitrogens with one attached hydrogen (secondary N) is 1. The normalized spacial score (nSPS) is 16.0. The third-order valence-corrected chi connectivity index (χ3v) is 5.78. The molecule has 1 aliphatic rings. The first-order valence-corrected chi connectivity index (χ1v) is 10.2. The Kier molecular flexibility index (Phi) is 5.52. The number of carbonyl (C=O) groups is 2. The first-order chi connectivity index (χ1) is 14.0. The van der Waals surface area contributed by atoms with Crippen molar-refractivity contribution in [3.05, 3.63) is 75.6 Å². The highest BCUT2D eigenvalue weighted by Gasteiger charge is 2.31. The Bertz CT molecular complexity index is 1070. The third kappa shape index (κ3) is 4.12. The van der Waals surface area contributed by atoms with Gasteiger partial charge in [0.15, 0.2) is 0 Å². The van der Waals surface area contributed by atoms with Crippen LogP contribution in [0.2, 0.25) is 0 Å². The summed E-state index contributed by atoms with van der Waals surface area (Å²) in [5, 5.41) is 7.10. The zero-order valence-corrected chi connectivity index (χ0v) is 17.9. The number of amides is 2. The number of halogens is 1. The van der Waals surface area contributed by atoms with Crippen molar-refractivity contribution in [3.63, 3.8) is 0 Å². The van der Waals surface area contributed by atoms with E-state index >= 15 is 0 Å². The molecule has 148 valence electrons. The molecule has 0 aliphatic carbocycles. The van der Waals surface area contributed by atoms with Crippen LogP contribution < -0.4 is 15.0 Å². The Morgan fingerprint density at radius 2 is 1.97 bits per heavy atom. The van der Waals surface area contributed by atoms with Crippen LogP contribution in [0.1, 0.15) is 16.1 Å². The van der Waals surface area contributed by atoms with E-state index in [1.165, 1.54) is 4.90 Å². The van der Waals surface area contributed by atoms with E-state index < -0.39 is 11.9 Å². The van der Waals surface area contributed by atoms with Gasteiger partial charge in [-0.05, 0) is 52.4 Å². The number of carbonyl (C=O) groups excluding carboxylic acids is 2. The van der Waals surface area contributed by atoms with Gasteiger partial charge in [-0.1, -0.05) is 30.3 Å². The summed E-state index contributed by atoms with van der Waals surface area (Å²) in [6, 6.07) is 16.2. The van der Waals surface area contributed by atoms with Crippen LogP contribution in [0.4, 0.5) is 5.69 Å². The van der Waals surface area contributed by atoms with Gasteiger partial charge >= 0.3 is 0 Å². The molecule has 4 rings (SSSR count). The lowest BCUT2D eigenvalue weighted by Crippen LogP contribution is -2.49. The number of para-hydroxylation sites is 2. The quantitative estimate of drug-likeness (QED) is 0.557. The van der Waals surface area contributed by atoms with Crippen LogP contribution in [0.15, 0.2) is 60.8 Å². The Balaban J connectivity index is 1.45. The minimum atomic E-state index is -0.792. The van der Waals surface area contributed by atoms with Crippen LogP contribution in [0.5, 0.6) is 5.75 Å². The van der Waals surface area contributed by atoms with Crippen LogP contribution in [0.3, 0.4) is 0 Å². The van der Waals surface area contributed by atoms with Crippen molar-refractivity contribution in [1.82, 2.24) is 15.1 Å². The molecule has 1 unspecified atom stereocenters. The zero-order valence-electron chi connectivity index (χ0n) is 15.7. The molecule has 1 aromatic heterocycles. The van der Waals surface area contributed by atoms with Gasteiger partial charge in [0.05, 0.1) is 12.2 Å². The Morgan fingerprint density at radius 3 is 2.79 bits per heavy atom. The number of ether oxygens (including phenoxy) is 1. The Labute approximate surface area is 181 Å². The molecule has 0 saturated carbocycles. The SMILES string of the molecule is CN1C(=O)C(NC(=O)c2ccn(Cc3ccccc3I)n2)COc2ccccc21. The highest BCUT2D eigenvalue weighted by molar-refractivity contribution is 14.1. The molecule has 1 aliphatic heterocycles. The molecule has 1 N–H and O–H groups in total. The van der Waals surface area contributed by atoms with E-state index in [-0.39, 0.29) is 18.2 Å². The lowest BCUT2D eigenvalue weighted by molar-refractivity contribution is -0.120. The first kappa shape index (κ1) is 19.4. The Morgan fingerprint density at radius 1 is 1.21 bits per heavy atom. The molecule has 2 aromatic carbocycles. The average Bonchev–Trinajstić information content (AvgIpc) is 3.16. The van der Waals surface area contributed by atoms with Gasteiger partial charge in [-0.25, -0.2) is 0 Å². The summed E-state index contributed by atoms with van der Waals surface area (Å²) < 4.78 is 8.58. The van der Waals surface area contributed by atoms with Crippen molar-refractivity contribution in [2.75, 3.05) is 18.6 Å². The maximum absolute atomic E-state index is 12.8.